The fraction of sp³-hybridized carbons (Fsp3) is 0.105. The van der Waals surface area contributed by atoms with Gasteiger partial charge in [0.25, 0.3) is 0 Å². The second kappa shape index (κ2) is 6.58. The highest BCUT2D eigenvalue weighted by atomic mass is 79.9. The summed E-state index contributed by atoms with van der Waals surface area (Å²) in [5, 5.41) is 6.76. The zero-order valence-electron chi connectivity index (χ0n) is 13.4. The van der Waals surface area contributed by atoms with E-state index in [1.165, 1.54) is 0 Å². The van der Waals surface area contributed by atoms with Crippen LogP contribution in [0, 0.1) is 6.92 Å². The molecule has 25 heavy (non-hydrogen) atoms. The molecule has 0 saturated carbocycles. The molecule has 0 spiro atoms. The molecule has 0 atom stereocenters. The first-order valence-electron chi connectivity index (χ1n) is 7.82. The van der Waals surface area contributed by atoms with Crippen LogP contribution in [-0.4, -0.2) is 15.0 Å². The minimum absolute atomic E-state index is 0.474. The summed E-state index contributed by atoms with van der Waals surface area (Å²) in [5.41, 5.74) is 2.63. The second-order valence-electron chi connectivity index (χ2n) is 5.77. The number of aromatic nitrogens is 3. The first-order chi connectivity index (χ1) is 12.1. The molecule has 0 saturated heterocycles. The molecule has 3 aromatic heterocycles. The molecule has 0 unspecified atom stereocenters. The van der Waals surface area contributed by atoms with E-state index in [2.05, 4.69) is 31.2 Å². The van der Waals surface area contributed by atoms with Crippen LogP contribution in [0.4, 0.5) is 5.82 Å². The van der Waals surface area contributed by atoms with E-state index in [4.69, 9.17) is 16.6 Å². The van der Waals surface area contributed by atoms with Crippen molar-refractivity contribution in [3.8, 4) is 0 Å². The molecular weight excluding hydrogens is 400 g/mol. The summed E-state index contributed by atoms with van der Waals surface area (Å²) in [4.78, 5) is 13.5. The minimum Gasteiger partial charge on any atom is -0.364 e. The monoisotopic (exact) mass is 412 g/mol. The Labute approximate surface area is 158 Å². The van der Waals surface area contributed by atoms with E-state index in [0.29, 0.717) is 11.7 Å². The van der Waals surface area contributed by atoms with Crippen LogP contribution in [0.5, 0.6) is 0 Å². The van der Waals surface area contributed by atoms with Crippen molar-refractivity contribution in [1.29, 1.82) is 0 Å². The van der Waals surface area contributed by atoms with Gasteiger partial charge in [-0.25, -0.2) is 9.97 Å². The van der Waals surface area contributed by atoms with E-state index >= 15 is 0 Å². The maximum absolute atomic E-state index is 6.42. The van der Waals surface area contributed by atoms with Crippen molar-refractivity contribution >= 4 is 55.0 Å². The van der Waals surface area contributed by atoms with Gasteiger partial charge in [0.05, 0.1) is 17.8 Å². The van der Waals surface area contributed by atoms with Crippen molar-refractivity contribution in [3.05, 3.63) is 69.7 Å². The smallest absolute Gasteiger partial charge is 0.139 e. The van der Waals surface area contributed by atoms with Gasteiger partial charge < -0.3 is 5.32 Å². The summed E-state index contributed by atoms with van der Waals surface area (Å²) in [6, 6.07) is 13.9. The molecule has 0 fully saturated rings. The van der Waals surface area contributed by atoms with Crippen LogP contribution >= 0.6 is 27.5 Å². The van der Waals surface area contributed by atoms with Gasteiger partial charge in [0.1, 0.15) is 11.0 Å². The Morgan fingerprint density at radius 2 is 1.96 bits per heavy atom. The third-order valence-electron chi connectivity index (χ3n) is 3.98. The number of nitrogens with zero attached hydrogens (tertiary/aromatic N) is 3. The number of fused-ring (bicyclic) bond motifs is 3. The Balaban J connectivity index is 1.90. The van der Waals surface area contributed by atoms with Gasteiger partial charge in [0.15, 0.2) is 0 Å². The highest BCUT2D eigenvalue weighted by Crippen LogP contribution is 2.35. The molecule has 1 aromatic carbocycles. The fourth-order valence-corrected chi connectivity index (χ4v) is 3.57. The lowest BCUT2D eigenvalue weighted by atomic mass is 10.1. The minimum atomic E-state index is 0.474. The van der Waals surface area contributed by atoms with Crippen LogP contribution < -0.4 is 5.32 Å². The topological polar surface area (TPSA) is 50.7 Å². The number of aryl methyl sites for hydroxylation is 1. The fourth-order valence-electron chi connectivity index (χ4n) is 2.88. The molecule has 0 amide bonds. The Morgan fingerprint density at radius 3 is 2.76 bits per heavy atom. The average Bonchev–Trinajstić information content (AvgIpc) is 2.59. The number of anilines is 1. The third-order valence-corrected chi connectivity index (χ3v) is 4.75. The molecule has 124 valence electrons. The first kappa shape index (κ1) is 16.2. The highest BCUT2D eigenvalue weighted by Gasteiger charge is 2.13. The van der Waals surface area contributed by atoms with E-state index in [1.54, 1.807) is 6.20 Å². The number of pyridine rings is 3. The van der Waals surface area contributed by atoms with E-state index in [1.807, 2.05) is 49.4 Å². The average molecular weight is 414 g/mol. The summed E-state index contributed by atoms with van der Waals surface area (Å²) in [6.07, 6.45) is 1.79. The molecule has 1 N–H and O–H groups in total. The van der Waals surface area contributed by atoms with Gasteiger partial charge in [-0.2, -0.15) is 0 Å². The summed E-state index contributed by atoms with van der Waals surface area (Å²) in [5.74, 6) is 0.808. The van der Waals surface area contributed by atoms with Gasteiger partial charge >= 0.3 is 0 Å². The molecule has 4 rings (SSSR count). The number of nitrogens with one attached hydrogen (secondary N) is 1. The zero-order valence-corrected chi connectivity index (χ0v) is 15.8. The lowest BCUT2D eigenvalue weighted by molar-refractivity contribution is 1.04. The maximum atomic E-state index is 6.42. The van der Waals surface area contributed by atoms with Gasteiger partial charge in [-0.3, -0.25) is 4.98 Å². The largest absolute Gasteiger partial charge is 0.364 e. The van der Waals surface area contributed by atoms with Crippen LogP contribution in [0.2, 0.25) is 5.15 Å². The highest BCUT2D eigenvalue weighted by molar-refractivity contribution is 9.10. The molecule has 6 heteroatoms. The molecule has 0 aliphatic carbocycles. The van der Waals surface area contributed by atoms with Crippen LogP contribution in [0.1, 0.15) is 11.4 Å². The normalized spacial score (nSPS) is 11.2. The van der Waals surface area contributed by atoms with E-state index < -0.39 is 0 Å². The van der Waals surface area contributed by atoms with Crippen molar-refractivity contribution in [1.82, 2.24) is 15.0 Å². The second-order valence-corrected chi connectivity index (χ2v) is 7.05. The summed E-state index contributed by atoms with van der Waals surface area (Å²) in [6.45, 7) is 2.52. The Morgan fingerprint density at radius 1 is 1.08 bits per heavy atom. The van der Waals surface area contributed by atoms with Crippen molar-refractivity contribution in [3.63, 3.8) is 0 Å². The van der Waals surface area contributed by atoms with E-state index in [0.717, 1.165) is 43.4 Å². The standard InChI is InChI=1S/C19H14BrClN4/c1-11-8-16-17(18(21)24-11)15-9-12(20)5-6-14(15)19(25-16)23-10-13-4-2-3-7-22-13/h2-9H,10H2,1H3,(H,23,25). The number of hydrogen-bond donors (Lipinski definition) is 1. The van der Waals surface area contributed by atoms with Crippen molar-refractivity contribution < 1.29 is 0 Å². The summed E-state index contributed by atoms with van der Waals surface area (Å²) < 4.78 is 0.986. The van der Waals surface area contributed by atoms with Crippen LogP contribution in [0.15, 0.2) is 53.1 Å². The Bertz CT molecular complexity index is 1080. The maximum Gasteiger partial charge on any atom is 0.139 e. The number of halogens is 2. The van der Waals surface area contributed by atoms with Crippen molar-refractivity contribution in [2.45, 2.75) is 13.5 Å². The summed E-state index contributed by atoms with van der Waals surface area (Å²) >= 11 is 9.97. The molecule has 0 aliphatic heterocycles. The van der Waals surface area contributed by atoms with Gasteiger partial charge in [0, 0.05) is 27.1 Å². The van der Waals surface area contributed by atoms with Crippen LogP contribution in [-0.2, 0) is 6.54 Å². The third kappa shape index (κ3) is 3.17. The van der Waals surface area contributed by atoms with E-state index in [-0.39, 0.29) is 0 Å². The summed E-state index contributed by atoms with van der Waals surface area (Å²) in [7, 11) is 0. The van der Waals surface area contributed by atoms with Gasteiger partial charge in [-0.05, 0) is 48.7 Å². The van der Waals surface area contributed by atoms with Crippen molar-refractivity contribution in [2.24, 2.45) is 0 Å². The van der Waals surface area contributed by atoms with Crippen molar-refractivity contribution in [2.75, 3.05) is 5.32 Å². The number of benzene rings is 1. The molecule has 4 nitrogen and oxygen atoms in total. The SMILES string of the molecule is Cc1cc2nc(NCc3ccccn3)c3ccc(Br)cc3c2c(Cl)n1. The van der Waals surface area contributed by atoms with Gasteiger partial charge in [-0.1, -0.05) is 33.6 Å². The van der Waals surface area contributed by atoms with Crippen LogP contribution in [0.25, 0.3) is 21.7 Å². The van der Waals surface area contributed by atoms with E-state index in [9.17, 15) is 0 Å². The van der Waals surface area contributed by atoms with Gasteiger partial charge in [-0.15, -0.1) is 0 Å². The lowest BCUT2D eigenvalue weighted by Gasteiger charge is -2.13. The molecule has 0 bridgehead atoms. The number of hydrogen-bond acceptors (Lipinski definition) is 4. The molecule has 3 heterocycles. The zero-order chi connectivity index (χ0) is 17.4. The lowest BCUT2D eigenvalue weighted by Crippen LogP contribution is -2.04. The number of rotatable bonds is 3. The molecule has 0 aliphatic rings. The molecule has 4 aromatic rings. The molecular formula is C19H14BrClN4. The Hall–Kier alpha value is -2.24. The van der Waals surface area contributed by atoms with Gasteiger partial charge in [0.2, 0.25) is 0 Å². The predicted molar refractivity (Wildman–Crippen MR) is 106 cm³/mol. The molecule has 0 radical (unpaired) electrons. The first-order valence-corrected chi connectivity index (χ1v) is 8.99. The van der Waals surface area contributed by atoms with Crippen LogP contribution in [0.3, 0.4) is 0 Å². The predicted octanol–water partition coefficient (Wildman–Crippen LogP) is 5.51. The Kier molecular flexibility index (Phi) is 4.27. The quantitative estimate of drug-likeness (QED) is 0.355.